The Morgan fingerprint density at radius 3 is 2.88 bits per heavy atom. The van der Waals surface area contributed by atoms with E-state index in [1.807, 2.05) is 0 Å². The highest BCUT2D eigenvalue weighted by atomic mass is 79.9. The van der Waals surface area contributed by atoms with Gasteiger partial charge in [0.05, 0.1) is 12.5 Å². The summed E-state index contributed by atoms with van der Waals surface area (Å²) < 4.78 is 5.31. The Balaban J connectivity index is 2.00. The summed E-state index contributed by atoms with van der Waals surface area (Å²) in [6, 6.07) is 0.399. The number of alkyl halides is 1. The average Bonchev–Trinajstić information content (AvgIpc) is 2.73. The molecule has 0 spiro atoms. The van der Waals surface area contributed by atoms with Gasteiger partial charge in [-0.2, -0.15) is 0 Å². The number of carbonyl (C=O) groups is 1. The minimum absolute atomic E-state index is 0.125. The monoisotopic (exact) mass is 289 g/mol. The van der Waals surface area contributed by atoms with Crippen molar-refractivity contribution in [1.82, 2.24) is 4.90 Å². The zero-order valence-corrected chi connectivity index (χ0v) is 11.2. The molecule has 0 bridgehead atoms. The molecule has 3 nitrogen and oxygen atoms in total. The van der Waals surface area contributed by atoms with Gasteiger partial charge >= 0.3 is 0 Å². The largest absolute Gasteiger partial charge is 0.381 e. The summed E-state index contributed by atoms with van der Waals surface area (Å²) in [5.41, 5.74) is 0. The lowest BCUT2D eigenvalue weighted by Gasteiger charge is -2.30. The van der Waals surface area contributed by atoms with Gasteiger partial charge in [-0.3, -0.25) is 4.79 Å². The fourth-order valence-corrected chi connectivity index (χ4v) is 3.26. The van der Waals surface area contributed by atoms with E-state index in [0.717, 1.165) is 37.7 Å². The smallest absolute Gasteiger partial charge is 0.228 e. The van der Waals surface area contributed by atoms with Crippen LogP contribution in [0, 0.1) is 5.92 Å². The van der Waals surface area contributed by atoms with Crippen molar-refractivity contribution in [3.8, 4) is 0 Å². The lowest BCUT2D eigenvalue weighted by atomic mass is 10.1. The lowest BCUT2D eigenvalue weighted by molar-refractivity contribution is -0.137. The number of carbonyl (C=O) groups excluding carboxylic acids is 1. The van der Waals surface area contributed by atoms with E-state index in [0.29, 0.717) is 18.6 Å². The summed E-state index contributed by atoms with van der Waals surface area (Å²) in [6.07, 6.45) is 5.72. The van der Waals surface area contributed by atoms with Gasteiger partial charge in [-0.25, -0.2) is 0 Å². The third-order valence-corrected chi connectivity index (χ3v) is 4.36. The van der Waals surface area contributed by atoms with E-state index in [-0.39, 0.29) is 5.92 Å². The summed E-state index contributed by atoms with van der Waals surface area (Å²) in [6.45, 7) is 2.32. The Hall–Kier alpha value is -0.0900. The molecule has 2 aliphatic rings. The van der Waals surface area contributed by atoms with Crippen molar-refractivity contribution in [2.45, 2.75) is 38.1 Å². The first-order chi connectivity index (χ1) is 7.83. The van der Waals surface area contributed by atoms with Gasteiger partial charge in [0.2, 0.25) is 5.91 Å². The van der Waals surface area contributed by atoms with Gasteiger partial charge in [0.1, 0.15) is 0 Å². The van der Waals surface area contributed by atoms with E-state index < -0.39 is 0 Å². The number of rotatable bonds is 2. The SMILES string of the molecule is O=C(C1CCOC1)N1CCCCCC1CBr. The molecule has 1 amide bonds. The first kappa shape index (κ1) is 12.4. The zero-order chi connectivity index (χ0) is 11.4. The Morgan fingerprint density at radius 2 is 2.19 bits per heavy atom. The van der Waals surface area contributed by atoms with Crippen LogP contribution in [0.2, 0.25) is 0 Å². The Bertz CT molecular complexity index is 241. The van der Waals surface area contributed by atoms with E-state index in [1.165, 1.54) is 12.8 Å². The van der Waals surface area contributed by atoms with Crippen molar-refractivity contribution in [2.24, 2.45) is 5.92 Å². The van der Waals surface area contributed by atoms with E-state index in [9.17, 15) is 4.79 Å². The van der Waals surface area contributed by atoms with Crippen molar-refractivity contribution in [2.75, 3.05) is 25.1 Å². The fourth-order valence-electron chi connectivity index (χ4n) is 2.59. The number of hydrogen-bond donors (Lipinski definition) is 0. The first-order valence-electron chi connectivity index (χ1n) is 6.27. The summed E-state index contributed by atoms with van der Waals surface area (Å²) >= 11 is 3.54. The van der Waals surface area contributed by atoms with Crippen molar-refractivity contribution >= 4 is 21.8 Å². The molecule has 2 rings (SSSR count). The van der Waals surface area contributed by atoms with Gasteiger partial charge in [0.15, 0.2) is 0 Å². The normalized spacial score (nSPS) is 31.4. The van der Waals surface area contributed by atoms with Gasteiger partial charge < -0.3 is 9.64 Å². The minimum Gasteiger partial charge on any atom is -0.381 e. The molecule has 2 atom stereocenters. The molecule has 2 heterocycles. The Labute approximate surface area is 106 Å². The summed E-state index contributed by atoms with van der Waals surface area (Å²) in [5.74, 6) is 0.448. The van der Waals surface area contributed by atoms with Crippen LogP contribution < -0.4 is 0 Å². The standard InChI is InChI=1S/C12H20BrNO2/c13-8-11-4-2-1-3-6-14(11)12(15)10-5-7-16-9-10/h10-11H,1-9H2. The highest BCUT2D eigenvalue weighted by Gasteiger charge is 2.32. The number of ether oxygens (including phenoxy) is 1. The molecule has 2 fully saturated rings. The van der Waals surface area contributed by atoms with E-state index in [1.54, 1.807) is 0 Å². The van der Waals surface area contributed by atoms with Gasteiger partial charge in [-0.05, 0) is 19.3 Å². The van der Waals surface area contributed by atoms with Gasteiger partial charge in [0.25, 0.3) is 0 Å². The average molecular weight is 290 g/mol. The second-order valence-corrected chi connectivity index (χ2v) is 5.40. The van der Waals surface area contributed by atoms with Crippen molar-refractivity contribution in [1.29, 1.82) is 0 Å². The fraction of sp³-hybridized carbons (Fsp3) is 0.917. The Morgan fingerprint density at radius 1 is 1.31 bits per heavy atom. The summed E-state index contributed by atoms with van der Waals surface area (Å²) in [4.78, 5) is 14.4. The summed E-state index contributed by atoms with van der Waals surface area (Å²) in [5, 5.41) is 0.909. The molecule has 2 aliphatic heterocycles. The molecule has 0 saturated carbocycles. The zero-order valence-electron chi connectivity index (χ0n) is 9.66. The first-order valence-corrected chi connectivity index (χ1v) is 7.39. The maximum atomic E-state index is 12.3. The number of hydrogen-bond acceptors (Lipinski definition) is 2. The highest BCUT2D eigenvalue weighted by Crippen LogP contribution is 2.23. The maximum Gasteiger partial charge on any atom is 0.228 e. The van der Waals surface area contributed by atoms with Crippen molar-refractivity contribution in [3.05, 3.63) is 0 Å². The maximum absolute atomic E-state index is 12.3. The van der Waals surface area contributed by atoms with E-state index in [4.69, 9.17) is 4.74 Å². The molecule has 0 aromatic heterocycles. The molecule has 2 unspecified atom stereocenters. The highest BCUT2D eigenvalue weighted by molar-refractivity contribution is 9.09. The van der Waals surface area contributed by atoms with E-state index in [2.05, 4.69) is 20.8 Å². The molecule has 0 aliphatic carbocycles. The van der Waals surface area contributed by atoms with Crippen LogP contribution in [0.5, 0.6) is 0 Å². The molecule has 2 saturated heterocycles. The lowest BCUT2D eigenvalue weighted by Crippen LogP contribution is -2.44. The predicted molar refractivity (Wildman–Crippen MR) is 66.7 cm³/mol. The van der Waals surface area contributed by atoms with Crippen LogP contribution in [-0.4, -0.2) is 41.9 Å². The van der Waals surface area contributed by atoms with Crippen LogP contribution in [-0.2, 0) is 9.53 Å². The molecule has 0 radical (unpaired) electrons. The number of amides is 1. The third kappa shape index (κ3) is 2.77. The summed E-state index contributed by atoms with van der Waals surface area (Å²) in [7, 11) is 0. The van der Waals surface area contributed by atoms with Crippen molar-refractivity contribution in [3.63, 3.8) is 0 Å². The Kier molecular flexibility index (Phi) is 4.65. The second kappa shape index (κ2) is 6.01. The van der Waals surface area contributed by atoms with Gasteiger partial charge in [-0.15, -0.1) is 0 Å². The number of nitrogens with zero attached hydrogens (tertiary/aromatic N) is 1. The number of halogens is 1. The minimum atomic E-state index is 0.125. The van der Waals surface area contributed by atoms with Gasteiger partial charge in [-0.1, -0.05) is 28.8 Å². The van der Waals surface area contributed by atoms with Crippen LogP contribution >= 0.6 is 15.9 Å². The molecule has 0 aromatic rings. The molecule has 0 aromatic carbocycles. The topological polar surface area (TPSA) is 29.5 Å². The quantitative estimate of drug-likeness (QED) is 0.730. The van der Waals surface area contributed by atoms with Crippen molar-refractivity contribution < 1.29 is 9.53 Å². The van der Waals surface area contributed by atoms with Crippen LogP contribution in [0.25, 0.3) is 0 Å². The molecule has 92 valence electrons. The van der Waals surface area contributed by atoms with Crippen LogP contribution in [0.15, 0.2) is 0 Å². The van der Waals surface area contributed by atoms with Crippen LogP contribution in [0.4, 0.5) is 0 Å². The van der Waals surface area contributed by atoms with Gasteiger partial charge in [0, 0.05) is 24.5 Å². The molecule has 16 heavy (non-hydrogen) atoms. The van der Waals surface area contributed by atoms with Crippen LogP contribution in [0.3, 0.4) is 0 Å². The molecular formula is C12H20BrNO2. The molecule has 4 heteroatoms. The number of likely N-dealkylation sites (tertiary alicyclic amines) is 1. The van der Waals surface area contributed by atoms with E-state index >= 15 is 0 Å². The predicted octanol–water partition coefficient (Wildman–Crippen LogP) is 2.19. The second-order valence-electron chi connectivity index (χ2n) is 4.75. The third-order valence-electron chi connectivity index (χ3n) is 3.62. The molecular weight excluding hydrogens is 270 g/mol. The van der Waals surface area contributed by atoms with Crippen LogP contribution in [0.1, 0.15) is 32.1 Å². The molecule has 0 N–H and O–H groups in total.